The zero-order valence-corrected chi connectivity index (χ0v) is 14.5. The van der Waals surface area contributed by atoms with Crippen LogP contribution in [0.15, 0.2) is 54.6 Å². The number of rotatable bonds is 9. The zero-order valence-electron chi connectivity index (χ0n) is 14.5. The lowest BCUT2D eigenvalue weighted by molar-refractivity contribution is -0.139. The molecule has 132 valence electrons. The topological polar surface area (TPSA) is 67.8 Å². The van der Waals surface area contributed by atoms with E-state index in [4.69, 9.17) is 14.7 Å². The minimum atomic E-state index is -0.998. The number of carboxylic acids is 1. The summed E-state index contributed by atoms with van der Waals surface area (Å²) in [5, 5.41) is 8.61. The predicted molar refractivity (Wildman–Crippen MR) is 97.2 cm³/mol. The highest BCUT2D eigenvalue weighted by molar-refractivity contribution is 5.68. The molecular formula is C20H23NO4. The summed E-state index contributed by atoms with van der Waals surface area (Å²) in [7, 11) is 0. The van der Waals surface area contributed by atoms with E-state index in [9.17, 15) is 4.79 Å². The average Bonchev–Trinajstić information content (AvgIpc) is 2.62. The van der Waals surface area contributed by atoms with Gasteiger partial charge in [-0.15, -0.1) is 0 Å². The maximum atomic E-state index is 10.5. The third kappa shape index (κ3) is 6.31. The normalized spacial score (nSPS) is 11.2. The molecule has 0 radical (unpaired) electrons. The molecule has 0 bridgehead atoms. The van der Waals surface area contributed by atoms with Crippen LogP contribution >= 0.6 is 0 Å². The van der Waals surface area contributed by atoms with E-state index in [0.717, 1.165) is 17.7 Å². The van der Waals surface area contributed by atoms with Gasteiger partial charge in [-0.1, -0.05) is 35.9 Å². The van der Waals surface area contributed by atoms with Gasteiger partial charge in [0.1, 0.15) is 5.75 Å². The second kappa shape index (κ2) is 9.49. The largest absolute Gasteiger partial charge is 0.482 e. The van der Waals surface area contributed by atoms with Crippen molar-refractivity contribution >= 4 is 11.7 Å². The molecule has 0 amide bonds. The molecule has 0 unspecified atom stereocenters. The van der Waals surface area contributed by atoms with Gasteiger partial charge in [-0.05, 0) is 55.7 Å². The Morgan fingerprint density at radius 2 is 1.80 bits per heavy atom. The quantitative estimate of drug-likeness (QED) is 0.539. The van der Waals surface area contributed by atoms with Crippen molar-refractivity contribution in [3.63, 3.8) is 0 Å². The molecular weight excluding hydrogens is 318 g/mol. The Bertz CT molecular complexity index is 705. The molecule has 0 spiro atoms. The molecule has 0 atom stereocenters. The van der Waals surface area contributed by atoms with Crippen LogP contribution in [0, 0.1) is 6.92 Å². The summed E-state index contributed by atoms with van der Waals surface area (Å²) in [4.78, 5) is 16.1. The fraction of sp³-hybridized carbons (Fsp3) is 0.250. The number of benzene rings is 2. The summed E-state index contributed by atoms with van der Waals surface area (Å²) in [6, 6.07) is 15.6. The lowest BCUT2D eigenvalue weighted by atomic mass is 10.1. The SMILES string of the molecule is CC=C(NOCCc1ccc(C)cc1)c1ccc(OCC(=O)O)cc1. The van der Waals surface area contributed by atoms with Crippen molar-refractivity contribution in [3.05, 3.63) is 71.3 Å². The number of hydrogen-bond donors (Lipinski definition) is 2. The molecule has 2 rings (SSSR count). The minimum absolute atomic E-state index is 0.351. The Morgan fingerprint density at radius 3 is 2.40 bits per heavy atom. The molecule has 0 aromatic heterocycles. The molecule has 2 aromatic rings. The lowest BCUT2D eigenvalue weighted by Gasteiger charge is -2.12. The van der Waals surface area contributed by atoms with Crippen LogP contribution in [0.4, 0.5) is 0 Å². The fourth-order valence-corrected chi connectivity index (χ4v) is 2.21. The van der Waals surface area contributed by atoms with Crippen molar-refractivity contribution in [2.45, 2.75) is 20.3 Å². The number of carbonyl (C=O) groups is 1. The van der Waals surface area contributed by atoms with Crippen molar-refractivity contribution in [2.24, 2.45) is 0 Å². The van der Waals surface area contributed by atoms with Crippen molar-refractivity contribution < 1.29 is 19.5 Å². The van der Waals surface area contributed by atoms with Gasteiger partial charge in [-0.3, -0.25) is 10.3 Å². The maximum absolute atomic E-state index is 10.5. The van der Waals surface area contributed by atoms with E-state index in [1.807, 2.05) is 25.1 Å². The van der Waals surface area contributed by atoms with E-state index in [-0.39, 0.29) is 6.61 Å². The smallest absolute Gasteiger partial charge is 0.341 e. The number of hydroxylamine groups is 1. The zero-order chi connectivity index (χ0) is 18.1. The fourth-order valence-electron chi connectivity index (χ4n) is 2.21. The molecule has 5 heteroatoms. The number of allylic oxidation sites excluding steroid dienone is 1. The summed E-state index contributed by atoms with van der Waals surface area (Å²) in [6.07, 6.45) is 2.74. The van der Waals surface area contributed by atoms with Crippen LogP contribution in [0.25, 0.3) is 5.70 Å². The van der Waals surface area contributed by atoms with E-state index in [0.29, 0.717) is 12.4 Å². The number of carboxylic acid groups (broad SMARTS) is 1. The molecule has 0 fully saturated rings. The van der Waals surface area contributed by atoms with Gasteiger partial charge in [0, 0.05) is 0 Å². The summed E-state index contributed by atoms with van der Waals surface area (Å²) in [6.45, 7) is 4.19. The van der Waals surface area contributed by atoms with Gasteiger partial charge in [0.05, 0.1) is 12.3 Å². The van der Waals surface area contributed by atoms with Gasteiger partial charge in [0.25, 0.3) is 0 Å². The van der Waals surface area contributed by atoms with E-state index >= 15 is 0 Å². The Hall–Kier alpha value is -2.79. The first-order chi connectivity index (χ1) is 12.1. The van der Waals surface area contributed by atoms with Crippen LogP contribution in [0.1, 0.15) is 23.6 Å². The maximum Gasteiger partial charge on any atom is 0.341 e. The van der Waals surface area contributed by atoms with Gasteiger partial charge in [0.15, 0.2) is 6.61 Å². The van der Waals surface area contributed by atoms with Gasteiger partial charge in [-0.25, -0.2) is 4.79 Å². The van der Waals surface area contributed by atoms with Crippen LogP contribution in [-0.4, -0.2) is 24.3 Å². The molecule has 0 saturated heterocycles. The number of nitrogens with one attached hydrogen (secondary N) is 1. The molecule has 2 aromatic carbocycles. The Morgan fingerprint density at radius 1 is 1.12 bits per heavy atom. The third-order valence-electron chi connectivity index (χ3n) is 3.61. The second-order valence-electron chi connectivity index (χ2n) is 5.60. The lowest BCUT2D eigenvalue weighted by Crippen LogP contribution is -2.15. The first-order valence-electron chi connectivity index (χ1n) is 8.13. The van der Waals surface area contributed by atoms with Crippen LogP contribution in [-0.2, 0) is 16.1 Å². The van der Waals surface area contributed by atoms with Crippen molar-refractivity contribution in [3.8, 4) is 5.75 Å². The first kappa shape index (κ1) is 18.5. The molecule has 0 heterocycles. The molecule has 25 heavy (non-hydrogen) atoms. The van der Waals surface area contributed by atoms with Gasteiger partial charge in [0.2, 0.25) is 0 Å². The number of aliphatic carboxylic acids is 1. The van der Waals surface area contributed by atoms with E-state index in [1.54, 1.807) is 12.1 Å². The number of hydrogen-bond acceptors (Lipinski definition) is 4. The number of ether oxygens (including phenoxy) is 1. The molecule has 0 aliphatic rings. The van der Waals surface area contributed by atoms with Crippen LogP contribution < -0.4 is 10.2 Å². The highest BCUT2D eigenvalue weighted by Gasteiger charge is 2.03. The molecule has 0 saturated carbocycles. The Balaban J connectivity index is 1.81. The van der Waals surface area contributed by atoms with Crippen molar-refractivity contribution in [1.29, 1.82) is 0 Å². The monoisotopic (exact) mass is 341 g/mol. The standard InChI is InChI=1S/C20H23NO4/c1-3-19(17-8-10-18(11-9-17)24-14-20(22)23)21-25-13-12-16-6-4-15(2)5-7-16/h3-11,21H,12-14H2,1-2H3,(H,22,23). The molecule has 2 N–H and O–H groups in total. The number of aryl methyl sites for hydroxylation is 1. The van der Waals surface area contributed by atoms with Crippen LogP contribution in [0.5, 0.6) is 5.75 Å². The van der Waals surface area contributed by atoms with E-state index in [1.165, 1.54) is 11.1 Å². The van der Waals surface area contributed by atoms with Crippen molar-refractivity contribution in [1.82, 2.24) is 5.48 Å². The Labute approximate surface area is 147 Å². The predicted octanol–water partition coefficient (Wildman–Crippen LogP) is 3.58. The van der Waals surface area contributed by atoms with E-state index in [2.05, 4.69) is 36.7 Å². The second-order valence-corrected chi connectivity index (χ2v) is 5.60. The van der Waals surface area contributed by atoms with Gasteiger partial charge < -0.3 is 9.84 Å². The summed E-state index contributed by atoms with van der Waals surface area (Å²) < 4.78 is 5.12. The minimum Gasteiger partial charge on any atom is -0.482 e. The summed E-state index contributed by atoms with van der Waals surface area (Å²) in [5.74, 6) is -0.483. The Kier molecular flexibility index (Phi) is 7.04. The summed E-state index contributed by atoms with van der Waals surface area (Å²) in [5.41, 5.74) is 7.21. The van der Waals surface area contributed by atoms with Crippen LogP contribution in [0.3, 0.4) is 0 Å². The molecule has 0 aliphatic heterocycles. The highest BCUT2D eigenvalue weighted by Crippen LogP contribution is 2.17. The third-order valence-corrected chi connectivity index (χ3v) is 3.61. The molecule has 5 nitrogen and oxygen atoms in total. The van der Waals surface area contributed by atoms with E-state index < -0.39 is 5.97 Å². The highest BCUT2D eigenvalue weighted by atomic mass is 16.6. The summed E-state index contributed by atoms with van der Waals surface area (Å²) >= 11 is 0. The molecule has 0 aliphatic carbocycles. The van der Waals surface area contributed by atoms with Crippen molar-refractivity contribution in [2.75, 3.05) is 13.2 Å². The van der Waals surface area contributed by atoms with Crippen LogP contribution in [0.2, 0.25) is 0 Å². The van der Waals surface area contributed by atoms with Gasteiger partial charge >= 0.3 is 5.97 Å². The average molecular weight is 341 g/mol. The first-order valence-corrected chi connectivity index (χ1v) is 8.13. The van der Waals surface area contributed by atoms with Gasteiger partial charge in [-0.2, -0.15) is 0 Å².